The third-order valence-corrected chi connectivity index (χ3v) is 8.64. The van der Waals surface area contributed by atoms with Crippen LogP contribution in [0.5, 0.6) is 5.75 Å². The molecule has 0 spiro atoms. The van der Waals surface area contributed by atoms with Gasteiger partial charge in [0.05, 0.1) is 0 Å². The third kappa shape index (κ3) is 7.97. The average molecular weight is 676 g/mol. The number of halogens is 3. The molecule has 0 saturated heterocycles. The van der Waals surface area contributed by atoms with Gasteiger partial charge in [0.1, 0.15) is 17.4 Å². The lowest BCUT2D eigenvalue weighted by molar-refractivity contribution is 0.178. The molecule has 0 heterocycles. The highest BCUT2D eigenvalue weighted by atomic mass is 127. The van der Waals surface area contributed by atoms with Crippen molar-refractivity contribution in [2.75, 3.05) is 0 Å². The molecule has 0 saturated carbocycles. The number of ether oxygens (including phenoxy) is 1. The molecule has 0 aliphatic carbocycles. The van der Waals surface area contributed by atoms with Crippen molar-refractivity contribution in [3.05, 3.63) is 98.1 Å². The number of benzene rings is 3. The van der Waals surface area contributed by atoms with E-state index in [4.69, 9.17) is 10.1 Å². The Morgan fingerprint density at radius 2 is 1.39 bits per heavy atom. The first-order valence-corrected chi connectivity index (χ1v) is 15.5. The molecular weight excluding hydrogens is 627 g/mol. The molecule has 0 aromatic heterocycles. The van der Waals surface area contributed by atoms with Gasteiger partial charge in [0.2, 0.25) is 0 Å². The zero-order chi connectivity index (χ0) is 31.5. The van der Waals surface area contributed by atoms with E-state index >= 15 is 4.39 Å². The van der Waals surface area contributed by atoms with Crippen LogP contribution in [0, 0.1) is 44.7 Å². The van der Waals surface area contributed by atoms with Crippen molar-refractivity contribution in [3.63, 3.8) is 0 Å². The summed E-state index contributed by atoms with van der Waals surface area (Å²) in [5.41, 5.74) is 6.24. The van der Waals surface area contributed by atoms with Crippen LogP contribution < -0.4 is 4.74 Å². The standard InChI is InChI=1S/C34H42F2INO.C2H6/c1-20-13-11-12-14-24(20)17-34(37,18-27-21(2)22(3)29(35)23(4)30(27)36)39-31-25(19-38)15-26(32(5,6)7)16-28(31)33(8,9)10;1-2/h11-16,19,38H,17-18H2,1-10H3;1-2H3. The summed E-state index contributed by atoms with van der Waals surface area (Å²) in [7, 11) is 0. The smallest absolute Gasteiger partial charge is 0.167 e. The normalized spacial score (nSPS) is 13.2. The SMILES string of the molecule is CC.Cc1ccccc1CC(I)(Cc1c(C)c(C)c(F)c(C)c1F)Oc1c(C=N)cc(C(C)(C)C)cc1C(C)(C)C. The Kier molecular flexibility index (Phi) is 11.4. The van der Waals surface area contributed by atoms with Crippen molar-refractivity contribution in [1.29, 1.82) is 5.41 Å². The monoisotopic (exact) mass is 675 g/mol. The lowest BCUT2D eigenvalue weighted by Crippen LogP contribution is -2.36. The number of hydrogen-bond acceptors (Lipinski definition) is 2. The van der Waals surface area contributed by atoms with Gasteiger partial charge in [-0.25, -0.2) is 8.78 Å². The molecule has 3 aromatic rings. The summed E-state index contributed by atoms with van der Waals surface area (Å²) in [4.78, 5) is 0. The van der Waals surface area contributed by atoms with E-state index in [1.165, 1.54) is 13.1 Å². The molecule has 224 valence electrons. The van der Waals surface area contributed by atoms with Crippen LogP contribution >= 0.6 is 22.6 Å². The molecule has 1 N–H and O–H groups in total. The second-order valence-corrected chi connectivity index (χ2v) is 14.8. The van der Waals surface area contributed by atoms with Gasteiger partial charge < -0.3 is 10.1 Å². The maximum absolute atomic E-state index is 15.7. The number of rotatable bonds is 7. The maximum Gasteiger partial charge on any atom is 0.167 e. The number of hydrogen-bond donors (Lipinski definition) is 1. The van der Waals surface area contributed by atoms with E-state index in [1.54, 1.807) is 13.8 Å². The molecule has 0 fully saturated rings. The quantitative estimate of drug-likeness (QED) is 0.151. The molecular formula is C36H48F2INO. The molecule has 1 unspecified atom stereocenters. The van der Waals surface area contributed by atoms with Crippen molar-refractivity contribution >= 4 is 28.8 Å². The van der Waals surface area contributed by atoms with E-state index in [0.29, 0.717) is 34.4 Å². The second-order valence-electron chi connectivity index (χ2n) is 12.8. The highest BCUT2D eigenvalue weighted by Gasteiger charge is 2.36. The van der Waals surface area contributed by atoms with Crippen LogP contribution in [0.15, 0.2) is 36.4 Å². The van der Waals surface area contributed by atoms with Crippen LogP contribution in [-0.4, -0.2) is 9.82 Å². The topological polar surface area (TPSA) is 33.1 Å². The van der Waals surface area contributed by atoms with Gasteiger partial charge in [0.15, 0.2) is 3.61 Å². The van der Waals surface area contributed by atoms with Crippen molar-refractivity contribution in [1.82, 2.24) is 0 Å². The largest absolute Gasteiger partial charge is 0.475 e. The summed E-state index contributed by atoms with van der Waals surface area (Å²) in [6, 6.07) is 12.3. The molecule has 5 heteroatoms. The third-order valence-electron chi connectivity index (χ3n) is 7.66. The number of nitrogens with one attached hydrogen (secondary N) is 1. The molecule has 0 amide bonds. The van der Waals surface area contributed by atoms with E-state index in [1.807, 2.05) is 32.0 Å². The second kappa shape index (κ2) is 13.4. The van der Waals surface area contributed by atoms with E-state index in [2.05, 4.69) is 89.3 Å². The predicted octanol–water partition coefficient (Wildman–Crippen LogP) is 10.8. The van der Waals surface area contributed by atoms with Gasteiger partial charge >= 0.3 is 0 Å². The molecule has 0 aliphatic rings. The molecule has 1 atom stereocenters. The summed E-state index contributed by atoms with van der Waals surface area (Å²) in [6.07, 6.45) is 2.10. The fourth-order valence-corrected chi connectivity index (χ4v) is 5.92. The lowest BCUT2D eigenvalue weighted by Gasteiger charge is -2.35. The van der Waals surface area contributed by atoms with E-state index in [9.17, 15) is 4.39 Å². The summed E-state index contributed by atoms with van der Waals surface area (Å²) in [5.74, 6) is -0.370. The van der Waals surface area contributed by atoms with Gasteiger partial charge in [-0.15, -0.1) is 0 Å². The zero-order valence-corrected chi connectivity index (χ0v) is 29.2. The molecule has 0 aliphatic heterocycles. The Morgan fingerprint density at radius 1 is 0.805 bits per heavy atom. The number of aryl methyl sites for hydroxylation is 1. The first-order valence-electron chi connectivity index (χ1n) is 14.4. The molecule has 0 bridgehead atoms. The van der Waals surface area contributed by atoms with Gasteiger partial charge in [-0.05, 0) is 101 Å². The summed E-state index contributed by atoms with van der Waals surface area (Å²) >= 11 is 2.31. The van der Waals surface area contributed by atoms with Crippen molar-refractivity contribution in [2.24, 2.45) is 0 Å². The first-order chi connectivity index (χ1) is 18.9. The Labute approximate surface area is 261 Å². The van der Waals surface area contributed by atoms with Crippen molar-refractivity contribution in [3.8, 4) is 5.75 Å². The average Bonchev–Trinajstić information content (AvgIpc) is 2.90. The Balaban J connectivity index is 0.00000287. The molecule has 41 heavy (non-hydrogen) atoms. The zero-order valence-electron chi connectivity index (χ0n) is 27.0. The minimum absolute atomic E-state index is 0.0350. The highest BCUT2D eigenvalue weighted by Crippen LogP contribution is 2.43. The minimum Gasteiger partial charge on any atom is -0.475 e. The summed E-state index contributed by atoms with van der Waals surface area (Å²) in [6.45, 7) is 23.9. The van der Waals surface area contributed by atoms with E-state index in [-0.39, 0.29) is 22.8 Å². The predicted molar refractivity (Wildman–Crippen MR) is 180 cm³/mol. The maximum atomic E-state index is 15.7. The Morgan fingerprint density at radius 3 is 1.90 bits per heavy atom. The summed E-state index contributed by atoms with van der Waals surface area (Å²) < 4.78 is 36.5. The lowest BCUT2D eigenvalue weighted by atomic mass is 9.79. The van der Waals surface area contributed by atoms with Gasteiger partial charge in [0, 0.05) is 35.7 Å². The van der Waals surface area contributed by atoms with Crippen LogP contribution in [0.1, 0.15) is 105 Å². The van der Waals surface area contributed by atoms with Gasteiger partial charge in [-0.2, -0.15) is 0 Å². The van der Waals surface area contributed by atoms with Gasteiger partial charge in [0.25, 0.3) is 0 Å². The van der Waals surface area contributed by atoms with Crippen molar-refractivity contribution < 1.29 is 13.5 Å². The first kappa shape index (κ1) is 34.9. The molecule has 2 nitrogen and oxygen atoms in total. The Bertz CT molecular complexity index is 1370. The summed E-state index contributed by atoms with van der Waals surface area (Å²) in [5, 5.41) is 8.31. The van der Waals surface area contributed by atoms with Crippen LogP contribution in [0.4, 0.5) is 8.78 Å². The van der Waals surface area contributed by atoms with Gasteiger partial charge in [-0.1, -0.05) is 85.7 Å². The van der Waals surface area contributed by atoms with Crippen LogP contribution in [-0.2, 0) is 23.7 Å². The highest BCUT2D eigenvalue weighted by molar-refractivity contribution is 14.1. The van der Waals surface area contributed by atoms with Gasteiger partial charge in [-0.3, -0.25) is 0 Å². The fraction of sp³-hybridized carbons (Fsp3) is 0.472. The van der Waals surface area contributed by atoms with Crippen LogP contribution in [0.3, 0.4) is 0 Å². The van der Waals surface area contributed by atoms with E-state index in [0.717, 1.165) is 22.3 Å². The minimum atomic E-state index is -0.910. The Hall–Kier alpha value is -2.28. The van der Waals surface area contributed by atoms with E-state index < -0.39 is 15.2 Å². The molecule has 3 aromatic carbocycles. The van der Waals surface area contributed by atoms with Crippen molar-refractivity contribution in [2.45, 2.75) is 110 Å². The molecule has 0 radical (unpaired) electrons. The number of alkyl halides is 1. The van der Waals surface area contributed by atoms with Crippen LogP contribution in [0.2, 0.25) is 0 Å². The van der Waals surface area contributed by atoms with Crippen LogP contribution in [0.25, 0.3) is 0 Å². The fourth-order valence-electron chi connectivity index (χ4n) is 4.91. The molecule has 3 rings (SSSR count).